The Bertz CT molecular complexity index is 1660. The van der Waals surface area contributed by atoms with Crippen molar-refractivity contribution in [3.8, 4) is 5.75 Å². The molecule has 8 nitrogen and oxygen atoms in total. The van der Waals surface area contributed by atoms with E-state index in [4.69, 9.17) is 32.7 Å². The Balaban J connectivity index is 1.68. The molecule has 0 aliphatic carbocycles. The molecule has 3 atom stereocenters. The summed E-state index contributed by atoms with van der Waals surface area (Å²) in [7, 11) is 1.30. The van der Waals surface area contributed by atoms with Crippen molar-refractivity contribution in [3.05, 3.63) is 130 Å². The number of carbonyl (C=O) groups excluding carboxylic acids is 3. The molecule has 2 amide bonds. The maximum atomic E-state index is 16.2. The number of amides is 2. The number of nitrogens with one attached hydrogen (secondary N) is 2. The van der Waals surface area contributed by atoms with E-state index >= 15 is 4.39 Å². The normalized spacial score (nSPS) is 18.1. The highest BCUT2D eigenvalue weighted by atomic mass is 35.5. The van der Waals surface area contributed by atoms with Gasteiger partial charge in [-0.1, -0.05) is 66.2 Å². The second kappa shape index (κ2) is 16.9. The second-order valence-corrected chi connectivity index (χ2v) is 11.8. The Morgan fingerprint density at radius 1 is 1.04 bits per heavy atom. The lowest BCUT2D eigenvalue weighted by Gasteiger charge is -2.27. The first-order chi connectivity index (χ1) is 22.6. The molecular weight excluding hydrogens is 644 g/mol. The van der Waals surface area contributed by atoms with E-state index in [0.717, 1.165) is 11.1 Å². The molecule has 1 fully saturated rings. The molecule has 4 rings (SSSR count). The molecule has 1 aliphatic heterocycles. The molecule has 0 spiro atoms. The Labute approximate surface area is 283 Å². The predicted molar refractivity (Wildman–Crippen MR) is 182 cm³/mol. The van der Waals surface area contributed by atoms with Gasteiger partial charge in [-0.05, 0) is 72.7 Å². The lowest BCUT2D eigenvalue weighted by atomic mass is 9.87. The van der Waals surface area contributed by atoms with E-state index in [1.807, 2.05) is 31.2 Å². The SMILES string of the molecule is C=C(Cl)/C=C\C=C(/F)C1C(C(=O)Nc2cccc(Cl)c2)N(Cc2cccc(OCC)c2)C[C@H]1C(=O)NCc1ccc(C(=O)OC)cc1. The average Bonchev–Trinajstić information content (AvgIpc) is 3.43. The maximum absolute atomic E-state index is 16.2. The fourth-order valence-corrected chi connectivity index (χ4v) is 5.74. The summed E-state index contributed by atoms with van der Waals surface area (Å²) in [4.78, 5) is 41.4. The lowest BCUT2D eigenvalue weighted by Crippen LogP contribution is -2.43. The van der Waals surface area contributed by atoms with E-state index in [2.05, 4.69) is 17.2 Å². The summed E-state index contributed by atoms with van der Waals surface area (Å²) in [5, 5.41) is 6.37. The summed E-state index contributed by atoms with van der Waals surface area (Å²) in [6, 6.07) is 19.6. The van der Waals surface area contributed by atoms with Crippen LogP contribution in [0.5, 0.6) is 5.75 Å². The first-order valence-electron chi connectivity index (χ1n) is 14.9. The Morgan fingerprint density at radius 3 is 2.47 bits per heavy atom. The highest BCUT2D eigenvalue weighted by Crippen LogP contribution is 2.38. The van der Waals surface area contributed by atoms with Crippen LogP contribution in [0, 0.1) is 11.8 Å². The zero-order valence-corrected chi connectivity index (χ0v) is 27.6. The largest absolute Gasteiger partial charge is 0.494 e. The molecule has 2 N–H and O–H groups in total. The average molecular weight is 681 g/mol. The number of anilines is 1. The fraction of sp³-hybridized carbons (Fsp3) is 0.250. The van der Waals surface area contributed by atoms with Crippen molar-refractivity contribution in [2.45, 2.75) is 26.1 Å². The molecule has 0 aromatic heterocycles. The van der Waals surface area contributed by atoms with E-state index in [1.54, 1.807) is 53.4 Å². The Kier molecular flexibility index (Phi) is 12.8. The number of nitrogens with zero attached hydrogens (tertiary/aromatic N) is 1. The predicted octanol–water partition coefficient (Wildman–Crippen LogP) is 7.06. The van der Waals surface area contributed by atoms with Crippen LogP contribution in [0.25, 0.3) is 0 Å². The van der Waals surface area contributed by atoms with Gasteiger partial charge in [0, 0.05) is 41.3 Å². The number of halogens is 3. The van der Waals surface area contributed by atoms with Gasteiger partial charge in [0.05, 0.1) is 31.2 Å². The molecular formula is C36H36Cl2FN3O5. The number of hydrogen-bond acceptors (Lipinski definition) is 6. The Morgan fingerprint density at radius 2 is 1.79 bits per heavy atom. The number of likely N-dealkylation sites (tertiary alicyclic amines) is 1. The number of esters is 1. The monoisotopic (exact) mass is 679 g/mol. The number of hydrogen-bond donors (Lipinski definition) is 2. The Hall–Kier alpha value is -4.44. The summed E-state index contributed by atoms with van der Waals surface area (Å²) >= 11 is 12.0. The lowest BCUT2D eigenvalue weighted by molar-refractivity contribution is -0.126. The molecule has 246 valence electrons. The third-order valence-electron chi connectivity index (χ3n) is 7.58. The van der Waals surface area contributed by atoms with E-state index in [0.29, 0.717) is 28.6 Å². The van der Waals surface area contributed by atoms with Gasteiger partial charge in [0.25, 0.3) is 0 Å². The molecule has 0 saturated carbocycles. The van der Waals surface area contributed by atoms with Crippen molar-refractivity contribution < 1.29 is 28.2 Å². The molecule has 47 heavy (non-hydrogen) atoms. The van der Waals surface area contributed by atoms with E-state index < -0.39 is 41.5 Å². The van der Waals surface area contributed by atoms with Crippen molar-refractivity contribution in [2.24, 2.45) is 11.8 Å². The van der Waals surface area contributed by atoms with Gasteiger partial charge in [0.1, 0.15) is 11.6 Å². The molecule has 3 aromatic carbocycles. The van der Waals surface area contributed by atoms with Gasteiger partial charge >= 0.3 is 5.97 Å². The third kappa shape index (κ3) is 9.78. The van der Waals surface area contributed by atoms with Crippen molar-refractivity contribution in [2.75, 3.05) is 25.6 Å². The summed E-state index contributed by atoms with van der Waals surface area (Å²) in [5.74, 6) is -3.52. The number of ether oxygens (including phenoxy) is 2. The molecule has 2 unspecified atom stereocenters. The van der Waals surface area contributed by atoms with E-state index in [1.165, 1.54) is 25.3 Å². The van der Waals surface area contributed by atoms with E-state index in [-0.39, 0.29) is 24.7 Å². The van der Waals surface area contributed by atoms with Crippen LogP contribution >= 0.6 is 23.2 Å². The van der Waals surface area contributed by atoms with Gasteiger partial charge in [-0.2, -0.15) is 0 Å². The van der Waals surface area contributed by atoms with Crippen molar-refractivity contribution in [1.82, 2.24) is 10.2 Å². The quantitative estimate of drug-likeness (QED) is 0.148. The topological polar surface area (TPSA) is 97.0 Å². The molecule has 0 radical (unpaired) electrons. The number of allylic oxidation sites excluding steroid dienone is 4. The maximum Gasteiger partial charge on any atom is 0.337 e. The van der Waals surface area contributed by atoms with Gasteiger partial charge < -0.3 is 20.1 Å². The zero-order chi connectivity index (χ0) is 33.9. The summed E-state index contributed by atoms with van der Waals surface area (Å²) in [5.41, 5.74) is 2.35. The molecule has 1 saturated heterocycles. The smallest absolute Gasteiger partial charge is 0.337 e. The standard InChI is InChI=1S/C36H36Cl2FN3O5/c1-4-47-29-12-6-9-25(18-29)21-42-22-30(34(43)40-20-24-14-16-26(17-15-24)36(45)46-3)32(31(39)13-5-8-23(2)37)33(42)35(44)41-28-11-7-10-27(38)19-28/h5-19,30,32-33H,2,4,20-22H2,1,3H3,(H,40,43)(H,41,44)/b8-5-,31-13-/t30-,32?,33?/m1/s1. The summed E-state index contributed by atoms with van der Waals surface area (Å²) < 4.78 is 26.6. The number of carbonyl (C=O) groups is 3. The van der Waals surface area contributed by atoms with Crippen LogP contribution in [-0.2, 0) is 27.4 Å². The van der Waals surface area contributed by atoms with Crippen LogP contribution in [0.15, 0.2) is 108 Å². The van der Waals surface area contributed by atoms with Crippen molar-refractivity contribution in [1.29, 1.82) is 0 Å². The molecule has 1 heterocycles. The fourth-order valence-electron chi connectivity index (χ4n) is 5.48. The number of methoxy groups -OCH3 is 1. The van der Waals surface area contributed by atoms with Crippen molar-refractivity contribution >= 4 is 46.7 Å². The first kappa shape index (κ1) is 35.4. The zero-order valence-electron chi connectivity index (χ0n) is 26.1. The minimum Gasteiger partial charge on any atom is -0.494 e. The van der Waals surface area contributed by atoms with Gasteiger partial charge in [-0.3, -0.25) is 14.5 Å². The van der Waals surface area contributed by atoms with Gasteiger partial charge in [-0.25, -0.2) is 9.18 Å². The van der Waals surface area contributed by atoms with Gasteiger partial charge in [0.15, 0.2) is 0 Å². The summed E-state index contributed by atoms with van der Waals surface area (Å²) in [6.07, 6.45) is 4.01. The number of benzene rings is 3. The van der Waals surface area contributed by atoms with Gasteiger partial charge in [0.2, 0.25) is 11.8 Å². The number of rotatable bonds is 13. The second-order valence-electron chi connectivity index (χ2n) is 10.9. The highest BCUT2D eigenvalue weighted by Gasteiger charge is 2.50. The van der Waals surface area contributed by atoms with Crippen LogP contribution in [-0.4, -0.2) is 49.0 Å². The van der Waals surface area contributed by atoms with E-state index in [9.17, 15) is 14.4 Å². The van der Waals surface area contributed by atoms with Crippen LogP contribution < -0.4 is 15.4 Å². The minimum atomic E-state index is -1.15. The molecule has 3 aromatic rings. The first-order valence-corrected chi connectivity index (χ1v) is 15.7. The minimum absolute atomic E-state index is 0.0808. The van der Waals surface area contributed by atoms with Gasteiger partial charge in [-0.15, -0.1) is 0 Å². The summed E-state index contributed by atoms with van der Waals surface area (Å²) in [6.45, 7) is 6.39. The van der Waals surface area contributed by atoms with Crippen LogP contribution in [0.2, 0.25) is 5.02 Å². The van der Waals surface area contributed by atoms with Crippen LogP contribution in [0.1, 0.15) is 28.4 Å². The third-order valence-corrected chi connectivity index (χ3v) is 7.94. The highest BCUT2D eigenvalue weighted by molar-refractivity contribution is 6.31. The molecule has 0 bridgehead atoms. The van der Waals surface area contributed by atoms with Crippen LogP contribution in [0.4, 0.5) is 10.1 Å². The molecule has 1 aliphatic rings. The van der Waals surface area contributed by atoms with Crippen LogP contribution in [0.3, 0.4) is 0 Å². The van der Waals surface area contributed by atoms with Crippen molar-refractivity contribution in [3.63, 3.8) is 0 Å². The molecule has 11 heteroatoms.